The summed E-state index contributed by atoms with van der Waals surface area (Å²) < 4.78 is 20.4. The monoisotopic (exact) mass is 1460 g/mol. The molecule has 0 N–H and O–H groups in total. The van der Waals surface area contributed by atoms with Crippen molar-refractivity contribution in [2.75, 3.05) is 0 Å². The largest absolute Gasteiger partial charge is 0.456 e. The van der Waals surface area contributed by atoms with E-state index >= 15 is 0 Å². The Morgan fingerprint density at radius 2 is 0.602 bits per heavy atom. The molecule has 24 rings (SSSR count). The number of nitrogens with zero attached hydrogens (tertiary/aromatic N) is 6. The summed E-state index contributed by atoms with van der Waals surface area (Å²) in [6.07, 6.45) is 0. The molecule has 9 heteroatoms. The van der Waals surface area contributed by atoms with Gasteiger partial charge in [-0.1, -0.05) is 267 Å². The Kier molecular flexibility index (Phi) is 14.7. The standard InChI is InChI=1S/C56H33N3OS.C48H29N3O/c1-3-13-34(14-4-1)35-23-25-36(26-24-35)53-55-54(43-20-10-12-22-51(43)61-55)58-56(57-53)45-33-50-52(42-19-8-7-17-40(42)45)46-32-38(28-30-49(46)60-50)37-27-29-48-44(31-37)41-18-9-11-21-47(41)59(48)39-15-5-2-6-16-39;1-3-13-30(14-4-1)47-37-20-9-11-21-41(37)49-48(50-47)39-29-45-46(36-19-8-7-17-34(36)39)40-28-32(24-26-44(40)52-45)31-23-25-43-38(27-31)35-18-10-12-22-42(35)51(43)33-15-5-2-6-16-33/h1-33H;1-29H. The molecule has 17 aromatic carbocycles. The molecule has 7 aromatic heterocycles. The molecule has 8 nitrogen and oxygen atoms in total. The molecule has 0 saturated heterocycles. The second-order valence-electron chi connectivity index (χ2n) is 29.0. The van der Waals surface area contributed by atoms with E-state index in [0.29, 0.717) is 11.6 Å². The zero-order chi connectivity index (χ0) is 74.2. The number of hydrogen-bond acceptors (Lipinski definition) is 7. The molecular weight excluding hydrogens is 1400 g/mol. The van der Waals surface area contributed by atoms with Crippen LogP contribution in [0.3, 0.4) is 0 Å². The molecule has 7 heterocycles. The highest BCUT2D eigenvalue weighted by Gasteiger charge is 2.25. The van der Waals surface area contributed by atoms with E-state index in [1.165, 1.54) is 65.0 Å². The van der Waals surface area contributed by atoms with Gasteiger partial charge in [0.2, 0.25) is 0 Å². The van der Waals surface area contributed by atoms with E-state index in [-0.39, 0.29) is 0 Å². The summed E-state index contributed by atoms with van der Waals surface area (Å²) >= 11 is 1.75. The first kappa shape index (κ1) is 64.1. The first-order valence-corrected chi connectivity index (χ1v) is 39.0. The van der Waals surface area contributed by atoms with Gasteiger partial charge in [0.05, 0.1) is 49.2 Å². The lowest BCUT2D eigenvalue weighted by molar-refractivity contribution is 0.669. The van der Waals surface area contributed by atoms with E-state index in [9.17, 15) is 0 Å². The van der Waals surface area contributed by atoms with Crippen LogP contribution in [-0.4, -0.2) is 29.1 Å². The van der Waals surface area contributed by atoms with Crippen molar-refractivity contribution in [2.24, 2.45) is 0 Å². The van der Waals surface area contributed by atoms with Gasteiger partial charge in [-0.3, -0.25) is 0 Å². The van der Waals surface area contributed by atoms with Gasteiger partial charge in [0.25, 0.3) is 0 Å². The zero-order valence-corrected chi connectivity index (χ0v) is 61.5. The van der Waals surface area contributed by atoms with E-state index in [1.807, 2.05) is 18.2 Å². The lowest BCUT2D eigenvalue weighted by Gasteiger charge is -2.11. The fourth-order valence-electron chi connectivity index (χ4n) is 17.4. The van der Waals surface area contributed by atoms with Crippen LogP contribution in [-0.2, 0) is 0 Å². The van der Waals surface area contributed by atoms with E-state index < -0.39 is 0 Å². The second-order valence-corrected chi connectivity index (χ2v) is 30.1. The minimum Gasteiger partial charge on any atom is -0.456 e. The molecule has 0 atom stereocenters. The van der Waals surface area contributed by atoms with Gasteiger partial charge in [0.15, 0.2) is 11.6 Å². The van der Waals surface area contributed by atoms with Crippen molar-refractivity contribution in [2.45, 2.75) is 0 Å². The number of benzene rings is 17. The molecular formula is C104H62N6O2S. The Bertz CT molecular complexity index is 7980. The molecule has 0 spiro atoms. The molecule has 0 amide bonds. The number of hydrogen-bond donors (Lipinski definition) is 0. The van der Waals surface area contributed by atoms with Crippen LogP contribution in [0.25, 0.3) is 230 Å². The molecule has 0 aliphatic carbocycles. The van der Waals surface area contributed by atoms with Crippen LogP contribution in [0.1, 0.15) is 0 Å². The number of thiophene rings is 1. The summed E-state index contributed by atoms with van der Waals surface area (Å²) in [4.78, 5) is 21.1. The van der Waals surface area contributed by atoms with E-state index in [4.69, 9.17) is 28.8 Å². The molecule has 0 saturated carbocycles. The van der Waals surface area contributed by atoms with E-state index in [1.54, 1.807) is 11.3 Å². The van der Waals surface area contributed by atoms with Gasteiger partial charge in [0.1, 0.15) is 22.3 Å². The minimum absolute atomic E-state index is 0.680. The highest BCUT2D eigenvalue weighted by molar-refractivity contribution is 7.26. The minimum atomic E-state index is 0.680. The van der Waals surface area contributed by atoms with Crippen LogP contribution >= 0.6 is 11.3 Å². The fraction of sp³-hybridized carbons (Fsp3) is 0. The summed E-state index contributed by atoms with van der Waals surface area (Å²) in [6.45, 7) is 0. The van der Waals surface area contributed by atoms with Crippen LogP contribution in [0, 0.1) is 0 Å². The summed E-state index contributed by atoms with van der Waals surface area (Å²) in [5.41, 5.74) is 25.2. The lowest BCUT2D eigenvalue weighted by atomic mass is 9.96. The van der Waals surface area contributed by atoms with Gasteiger partial charge < -0.3 is 18.0 Å². The smallest absolute Gasteiger partial charge is 0.161 e. The SMILES string of the molecule is c1ccc(-c2ccc(-c3nc(-c4cc5oc6ccc(-c7ccc8c(c7)c7ccccc7n8-c7ccccc7)cc6c5c5ccccc45)nc4c3sc3ccccc34)cc2)cc1.c1ccc(-c2nc(-c3cc4oc5ccc(-c6ccc7c(c6)c6ccccc6n7-c6ccccc6)cc5c4c4ccccc34)nc3ccccc23)cc1. The molecule has 113 heavy (non-hydrogen) atoms. The Labute approximate surface area is 651 Å². The number of rotatable bonds is 9. The number of aromatic nitrogens is 6. The lowest BCUT2D eigenvalue weighted by Crippen LogP contribution is -1.96. The van der Waals surface area contributed by atoms with Crippen LogP contribution in [0.4, 0.5) is 0 Å². The third-order valence-corrected chi connectivity index (χ3v) is 23.8. The molecule has 0 bridgehead atoms. The predicted octanol–water partition coefficient (Wildman–Crippen LogP) is 28.4. The maximum absolute atomic E-state index is 6.75. The first-order valence-electron chi connectivity index (χ1n) is 38.1. The Hall–Kier alpha value is -14.9. The van der Waals surface area contributed by atoms with E-state index in [2.05, 4.69) is 367 Å². The highest BCUT2D eigenvalue weighted by Crippen LogP contribution is 2.47. The summed E-state index contributed by atoms with van der Waals surface area (Å²) in [6, 6.07) is 133. The van der Waals surface area contributed by atoms with Crippen molar-refractivity contribution >= 4 is 152 Å². The van der Waals surface area contributed by atoms with Gasteiger partial charge in [-0.05, 0) is 164 Å². The van der Waals surface area contributed by atoms with Crippen molar-refractivity contribution in [3.63, 3.8) is 0 Å². The molecule has 0 radical (unpaired) electrons. The quantitative estimate of drug-likeness (QED) is 0.143. The van der Waals surface area contributed by atoms with Crippen molar-refractivity contribution in [3.8, 4) is 90.0 Å². The predicted molar refractivity (Wildman–Crippen MR) is 471 cm³/mol. The molecule has 0 unspecified atom stereocenters. The third kappa shape index (κ3) is 10.5. The summed E-state index contributed by atoms with van der Waals surface area (Å²) in [5, 5.41) is 15.9. The topological polar surface area (TPSA) is 87.7 Å². The average molecular weight is 1460 g/mol. The molecule has 24 aromatic rings. The van der Waals surface area contributed by atoms with Crippen LogP contribution in [0.2, 0.25) is 0 Å². The first-order chi connectivity index (χ1) is 56.0. The van der Waals surface area contributed by atoms with E-state index in [0.717, 1.165) is 154 Å². The third-order valence-electron chi connectivity index (χ3n) is 22.6. The Morgan fingerprint density at radius 1 is 0.230 bits per heavy atom. The van der Waals surface area contributed by atoms with Crippen molar-refractivity contribution in [1.29, 1.82) is 0 Å². The fourth-order valence-corrected chi connectivity index (χ4v) is 18.6. The molecule has 0 aliphatic heterocycles. The van der Waals surface area contributed by atoms with Gasteiger partial charge in [-0.15, -0.1) is 11.3 Å². The Morgan fingerprint density at radius 3 is 1.14 bits per heavy atom. The maximum atomic E-state index is 6.75. The van der Waals surface area contributed by atoms with Gasteiger partial charge >= 0.3 is 0 Å². The highest BCUT2D eigenvalue weighted by atomic mass is 32.1. The molecule has 0 aliphatic rings. The maximum Gasteiger partial charge on any atom is 0.161 e. The Balaban J connectivity index is 0.000000136. The van der Waals surface area contributed by atoms with Crippen LogP contribution < -0.4 is 0 Å². The van der Waals surface area contributed by atoms with Crippen molar-refractivity contribution in [3.05, 3.63) is 376 Å². The molecule has 526 valence electrons. The number of para-hydroxylation sites is 5. The normalized spacial score (nSPS) is 11.9. The van der Waals surface area contributed by atoms with Gasteiger partial charge in [-0.2, -0.15) is 0 Å². The summed E-state index contributed by atoms with van der Waals surface area (Å²) in [5.74, 6) is 1.36. The molecule has 0 fully saturated rings. The van der Waals surface area contributed by atoms with Crippen LogP contribution in [0.15, 0.2) is 385 Å². The van der Waals surface area contributed by atoms with Gasteiger partial charge in [0, 0.05) is 92.2 Å². The van der Waals surface area contributed by atoms with Crippen molar-refractivity contribution in [1.82, 2.24) is 29.1 Å². The van der Waals surface area contributed by atoms with Gasteiger partial charge in [-0.25, -0.2) is 19.9 Å². The number of fused-ring (bicyclic) bond motifs is 20. The average Bonchev–Trinajstić information content (AvgIpc) is 1.65. The van der Waals surface area contributed by atoms with Crippen molar-refractivity contribution < 1.29 is 8.83 Å². The second kappa shape index (κ2) is 25.9. The zero-order valence-electron chi connectivity index (χ0n) is 60.7. The summed E-state index contributed by atoms with van der Waals surface area (Å²) in [7, 11) is 0. The number of furan rings is 2. The van der Waals surface area contributed by atoms with Crippen LogP contribution in [0.5, 0.6) is 0 Å².